The van der Waals surface area contributed by atoms with Crippen LogP contribution in [0.15, 0.2) is 133 Å². The molecule has 42 heavy (non-hydrogen) atoms. The highest BCUT2D eigenvalue weighted by Gasteiger charge is 2.17. The molecule has 198 valence electrons. The standard InChI is InChI=1S/C38H26N4/c1-3-11-25(12-4-1)32-23-21-26-19-20-27-22-24-34(40-36(27)35(26)39-32)29-15-7-8-16-30(29)37-31-17-9-10-18-33(31)41-38(42-37)28-13-5-2-6-14-28/h1-5,7-13,15-24H,6,14H2. The molecule has 0 radical (unpaired) electrons. The summed E-state index contributed by atoms with van der Waals surface area (Å²) in [6, 6.07) is 39.7. The molecule has 1 aliphatic carbocycles. The number of pyridine rings is 2. The van der Waals surface area contributed by atoms with Crippen molar-refractivity contribution in [2.75, 3.05) is 0 Å². The van der Waals surface area contributed by atoms with Crippen LogP contribution >= 0.6 is 0 Å². The number of aromatic nitrogens is 4. The Hall–Kier alpha value is -5.48. The predicted molar refractivity (Wildman–Crippen MR) is 173 cm³/mol. The highest BCUT2D eigenvalue weighted by atomic mass is 14.9. The van der Waals surface area contributed by atoms with Crippen molar-refractivity contribution in [3.05, 3.63) is 139 Å². The molecule has 3 aromatic heterocycles. The lowest BCUT2D eigenvalue weighted by Crippen LogP contribution is -2.01. The maximum absolute atomic E-state index is 5.26. The molecule has 0 bridgehead atoms. The Labute approximate surface area is 243 Å². The number of benzene rings is 4. The van der Waals surface area contributed by atoms with E-state index in [1.165, 1.54) is 0 Å². The van der Waals surface area contributed by atoms with E-state index in [1.807, 2.05) is 24.3 Å². The zero-order valence-corrected chi connectivity index (χ0v) is 22.9. The summed E-state index contributed by atoms with van der Waals surface area (Å²) in [6.45, 7) is 0. The molecule has 7 aromatic rings. The van der Waals surface area contributed by atoms with Crippen molar-refractivity contribution in [2.24, 2.45) is 0 Å². The third kappa shape index (κ3) is 4.25. The molecule has 0 fully saturated rings. The maximum atomic E-state index is 5.26. The van der Waals surface area contributed by atoms with E-state index in [-0.39, 0.29) is 0 Å². The Balaban J connectivity index is 1.33. The molecule has 3 heterocycles. The van der Waals surface area contributed by atoms with Crippen molar-refractivity contribution in [1.29, 1.82) is 0 Å². The zero-order chi connectivity index (χ0) is 27.9. The van der Waals surface area contributed by atoms with Gasteiger partial charge < -0.3 is 0 Å². The highest BCUT2D eigenvalue weighted by Crippen LogP contribution is 2.37. The second-order valence-electron chi connectivity index (χ2n) is 10.6. The molecule has 0 saturated heterocycles. The monoisotopic (exact) mass is 538 g/mol. The lowest BCUT2D eigenvalue weighted by molar-refractivity contribution is 1.02. The van der Waals surface area contributed by atoms with Crippen molar-refractivity contribution in [3.8, 4) is 33.8 Å². The summed E-state index contributed by atoms with van der Waals surface area (Å²) in [7, 11) is 0. The van der Waals surface area contributed by atoms with E-state index in [1.54, 1.807) is 0 Å². The van der Waals surface area contributed by atoms with E-state index in [0.29, 0.717) is 0 Å². The lowest BCUT2D eigenvalue weighted by atomic mass is 9.97. The first-order valence-electron chi connectivity index (χ1n) is 14.3. The van der Waals surface area contributed by atoms with Crippen molar-refractivity contribution < 1.29 is 0 Å². The van der Waals surface area contributed by atoms with Crippen LogP contribution in [0.2, 0.25) is 0 Å². The molecule has 8 rings (SSSR count). The minimum atomic E-state index is 0.790. The number of hydrogen-bond donors (Lipinski definition) is 0. The van der Waals surface area contributed by atoms with Gasteiger partial charge in [-0.3, -0.25) is 0 Å². The van der Waals surface area contributed by atoms with Crippen molar-refractivity contribution in [3.63, 3.8) is 0 Å². The first kappa shape index (κ1) is 24.3. The molecule has 4 nitrogen and oxygen atoms in total. The molecule has 0 unspecified atom stereocenters. The molecule has 1 aliphatic rings. The van der Waals surface area contributed by atoms with Crippen LogP contribution in [-0.2, 0) is 0 Å². The van der Waals surface area contributed by atoms with Gasteiger partial charge in [0.05, 0.1) is 33.6 Å². The summed E-state index contributed by atoms with van der Waals surface area (Å²) < 4.78 is 0. The topological polar surface area (TPSA) is 51.6 Å². The summed E-state index contributed by atoms with van der Waals surface area (Å²) in [5.41, 5.74) is 9.81. The number of rotatable bonds is 4. The van der Waals surface area contributed by atoms with Gasteiger partial charge in [0.1, 0.15) is 0 Å². The van der Waals surface area contributed by atoms with Gasteiger partial charge in [-0.2, -0.15) is 0 Å². The zero-order valence-electron chi connectivity index (χ0n) is 22.9. The Morgan fingerprint density at radius 3 is 1.98 bits per heavy atom. The van der Waals surface area contributed by atoms with Crippen LogP contribution in [0, 0.1) is 0 Å². The van der Waals surface area contributed by atoms with Gasteiger partial charge in [-0.25, -0.2) is 19.9 Å². The van der Waals surface area contributed by atoms with Crippen LogP contribution in [0.3, 0.4) is 0 Å². The quantitative estimate of drug-likeness (QED) is 0.209. The Bertz CT molecular complexity index is 2200. The van der Waals surface area contributed by atoms with Crippen LogP contribution in [-0.4, -0.2) is 19.9 Å². The van der Waals surface area contributed by atoms with Gasteiger partial charge in [0.15, 0.2) is 5.82 Å². The number of fused-ring (bicyclic) bond motifs is 4. The minimum Gasteiger partial charge on any atom is -0.245 e. The first-order valence-corrected chi connectivity index (χ1v) is 14.3. The average Bonchev–Trinajstić information content (AvgIpc) is 3.08. The fraction of sp³-hybridized carbons (Fsp3) is 0.0526. The average molecular weight is 539 g/mol. The van der Waals surface area contributed by atoms with E-state index >= 15 is 0 Å². The summed E-state index contributed by atoms with van der Waals surface area (Å²) >= 11 is 0. The van der Waals surface area contributed by atoms with Crippen LogP contribution in [0.4, 0.5) is 0 Å². The minimum absolute atomic E-state index is 0.790. The lowest BCUT2D eigenvalue weighted by Gasteiger charge is -2.15. The molecule has 0 atom stereocenters. The van der Waals surface area contributed by atoms with Crippen LogP contribution in [0.5, 0.6) is 0 Å². The van der Waals surface area contributed by atoms with Gasteiger partial charge in [0.2, 0.25) is 0 Å². The fourth-order valence-electron chi connectivity index (χ4n) is 5.81. The van der Waals surface area contributed by atoms with E-state index < -0.39 is 0 Å². The molecule has 0 aliphatic heterocycles. The SMILES string of the molecule is C1=CCCC(c2nc(-c3ccccc3-c3ccc4ccc5ccc(-c6ccccc6)nc5c4n3)c3ccccc3n2)=C1. The normalized spacial score (nSPS) is 13.1. The van der Waals surface area contributed by atoms with Crippen LogP contribution < -0.4 is 0 Å². The molecule has 0 saturated carbocycles. The molecular formula is C38H26N4. The Kier molecular flexibility index (Phi) is 5.89. The van der Waals surface area contributed by atoms with Gasteiger partial charge >= 0.3 is 0 Å². The summed E-state index contributed by atoms with van der Waals surface area (Å²) in [5, 5.41) is 3.16. The Morgan fingerprint density at radius 1 is 0.524 bits per heavy atom. The molecule has 0 spiro atoms. The molecule has 4 heteroatoms. The second kappa shape index (κ2) is 10.2. The number of allylic oxidation sites excluding steroid dienone is 4. The van der Waals surface area contributed by atoms with E-state index in [2.05, 4.69) is 109 Å². The smallest absolute Gasteiger partial charge is 0.156 e. The number of para-hydroxylation sites is 1. The van der Waals surface area contributed by atoms with E-state index in [0.717, 1.165) is 90.7 Å². The highest BCUT2D eigenvalue weighted by molar-refractivity contribution is 6.05. The maximum Gasteiger partial charge on any atom is 0.156 e. The molecular weight excluding hydrogens is 512 g/mol. The van der Waals surface area contributed by atoms with Gasteiger partial charge in [-0.05, 0) is 36.6 Å². The molecule has 0 amide bonds. The van der Waals surface area contributed by atoms with Crippen molar-refractivity contribution in [1.82, 2.24) is 19.9 Å². The Morgan fingerprint density at radius 2 is 1.19 bits per heavy atom. The predicted octanol–water partition coefficient (Wildman–Crippen LogP) is 9.46. The van der Waals surface area contributed by atoms with Gasteiger partial charge in [0.25, 0.3) is 0 Å². The summed E-state index contributed by atoms with van der Waals surface area (Å²) in [4.78, 5) is 20.5. The fourth-order valence-corrected chi connectivity index (χ4v) is 5.81. The van der Waals surface area contributed by atoms with Gasteiger partial charge in [-0.15, -0.1) is 0 Å². The second-order valence-corrected chi connectivity index (χ2v) is 10.6. The summed E-state index contributed by atoms with van der Waals surface area (Å²) in [6.07, 6.45) is 8.37. The molecule has 4 aromatic carbocycles. The van der Waals surface area contributed by atoms with E-state index in [4.69, 9.17) is 19.9 Å². The van der Waals surface area contributed by atoms with Crippen LogP contribution in [0.25, 0.3) is 72.1 Å². The molecule has 0 N–H and O–H groups in total. The van der Waals surface area contributed by atoms with Gasteiger partial charge in [-0.1, -0.05) is 115 Å². The third-order valence-corrected chi connectivity index (χ3v) is 7.95. The van der Waals surface area contributed by atoms with Crippen LogP contribution in [0.1, 0.15) is 18.7 Å². The number of nitrogens with zero attached hydrogens (tertiary/aromatic N) is 4. The summed E-state index contributed by atoms with van der Waals surface area (Å²) in [5.74, 6) is 0.790. The van der Waals surface area contributed by atoms with Gasteiger partial charge in [0, 0.05) is 32.8 Å². The number of hydrogen-bond acceptors (Lipinski definition) is 4. The van der Waals surface area contributed by atoms with E-state index in [9.17, 15) is 0 Å². The first-order chi connectivity index (χ1) is 20.8. The largest absolute Gasteiger partial charge is 0.245 e. The van der Waals surface area contributed by atoms with Crippen molar-refractivity contribution in [2.45, 2.75) is 12.8 Å². The van der Waals surface area contributed by atoms with Crippen molar-refractivity contribution >= 4 is 38.3 Å². The third-order valence-electron chi connectivity index (χ3n) is 7.95.